The van der Waals surface area contributed by atoms with Crippen molar-refractivity contribution in [3.05, 3.63) is 29.8 Å². The molecule has 2 atom stereocenters. The van der Waals surface area contributed by atoms with Gasteiger partial charge in [-0.2, -0.15) is 0 Å². The summed E-state index contributed by atoms with van der Waals surface area (Å²) in [4.78, 5) is 2.35. The summed E-state index contributed by atoms with van der Waals surface area (Å²) in [6, 6.07) is 7.98. The van der Waals surface area contributed by atoms with Crippen molar-refractivity contribution in [1.82, 2.24) is 4.90 Å². The number of ether oxygens (including phenoxy) is 2. The van der Waals surface area contributed by atoms with Gasteiger partial charge in [-0.3, -0.25) is 4.90 Å². The SMILES string of the molecule is OCCOc1cccc(CN2CC[C@H](O)[C@]3(CCCO3)C2)c1. The van der Waals surface area contributed by atoms with Crippen LogP contribution in [0.15, 0.2) is 24.3 Å². The number of nitrogens with zero attached hydrogens (tertiary/aromatic N) is 1. The van der Waals surface area contributed by atoms with Gasteiger partial charge in [-0.1, -0.05) is 12.1 Å². The molecule has 2 heterocycles. The van der Waals surface area contributed by atoms with Gasteiger partial charge in [-0.25, -0.2) is 0 Å². The largest absolute Gasteiger partial charge is 0.491 e. The Labute approximate surface area is 131 Å². The minimum absolute atomic E-state index is 0.0219. The summed E-state index contributed by atoms with van der Waals surface area (Å²) in [6.45, 7) is 3.60. The lowest BCUT2D eigenvalue weighted by atomic mass is 9.87. The average Bonchev–Trinajstić information content (AvgIpc) is 2.99. The molecule has 2 fully saturated rings. The monoisotopic (exact) mass is 307 g/mol. The average molecular weight is 307 g/mol. The van der Waals surface area contributed by atoms with Crippen LogP contribution >= 0.6 is 0 Å². The van der Waals surface area contributed by atoms with Gasteiger partial charge in [0.25, 0.3) is 0 Å². The number of benzene rings is 1. The molecule has 0 amide bonds. The van der Waals surface area contributed by atoms with E-state index in [0.29, 0.717) is 6.61 Å². The summed E-state index contributed by atoms with van der Waals surface area (Å²) in [5.41, 5.74) is 0.823. The number of piperidine rings is 1. The van der Waals surface area contributed by atoms with Gasteiger partial charge < -0.3 is 19.7 Å². The molecule has 3 rings (SSSR count). The first-order valence-corrected chi connectivity index (χ1v) is 8.09. The summed E-state index contributed by atoms with van der Waals surface area (Å²) in [6.07, 6.45) is 2.41. The molecule has 2 saturated heterocycles. The molecule has 0 unspecified atom stereocenters. The van der Waals surface area contributed by atoms with Gasteiger partial charge in [-0.15, -0.1) is 0 Å². The molecule has 1 aromatic carbocycles. The predicted octanol–water partition coefficient (Wildman–Crippen LogP) is 1.17. The molecule has 0 aromatic heterocycles. The molecule has 22 heavy (non-hydrogen) atoms. The van der Waals surface area contributed by atoms with Crippen LogP contribution < -0.4 is 4.74 Å². The second kappa shape index (κ2) is 6.96. The molecule has 0 bridgehead atoms. The first-order chi connectivity index (χ1) is 10.7. The Bertz CT molecular complexity index is 487. The standard InChI is InChI=1S/C17H25NO4/c19-8-10-21-15-4-1-3-14(11-15)12-18-7-5-16(20)17(13-18)6-2-9-22-17/h1,3-4,11,16,19-20H,2,5-10,12-13H2/t16-,17-/m0/s1. The van der Waals surface area contributed by atoms with Gasteiger partial charge in [0.05, 0.1) is 12.7 Å². The van der Waals surface area contributed by atoms with E-state index in [4.69, 9.17) is 14.6 Å². The summed E-state index contributed by atoms with van der Waals surface area (Å²) in [7, 11) is 0. The third-order valence-electron chi connectivity index (χ3n) is 4.62. The first-order valence-electron chi connectivity index (χ1n) is 8.09. The summed E-state index contributed by atoms with van der Waals surface area (Å²) < 4.78 is 11.4. The Morgan fingerprint density at radius 1 is 1.41 bits per heavy atom. The fourth-order valence-corrected chi connectivity index (χ4v) is 3.53. The minimum Gasteiger partial charge on any atom is -0.491 e. The Hall–Kier alpha value is -1.14. The lowest BCUT2D eigenvalue weighted by molar-refractivity contribution is -0.132. The third kappa shape index (κ3) is 3.43. The van der Waals surface area contributed by atoms with Crippen LogP contribution in [0.1, 0.15) is 24.8 Å². The van der Waals surface area contributed by atoms with Gasteiger partial charge in [0.15, 0.2) is 0 Å². The van der Waals surface area contributed by atoms with Crippen LogP contribution in [-0.2, 0) is 11.3 Å². The Balaban J connectivity index is 1.63. The van der Waals surface area contributed by atoms with Crippen molar-refractivity contribution in [2.75, 3.05) is 32.9 Å². The number of hydrogen-bond acceptors (Lipinski definition) is 5. The molecule has 122 valence electrons. The maximum atomic E-state index is 10.3. The number of hydrogen-bond donors (Lipinski definition) is 2. The zero-order valence-corrected chi connectivity index (χ0v) is 12.9. The predicted molar refractivity (Wildman–Crippen MR) is 82.8 cm³/mol. The molecule has 2 aliphatic rings. The summed E-state index contributed by atoms with van der Waals surface area (Å²) in [5.74, 6) is 0.787. The van der Waals surface area contributed by atoms with Crippen molar-refractivity contribution in [2.24, 2.45) is 0 Å². The van der Waals surface area contributed by atoms with Crippen LogP contribution in [0, 0.1) is 0 Å². The molecule has 5 heteroatoms. The minimum atomic E-state index is -0.358. The Morgan fingerprint density at radius 3 is 3.09 bits per heavy atom. The fourth-order valence-electron chi connectivity index (χ4n) is 3.53. The van der Waals surface area contributed by atoms with Crippen molar-refractivity contribution in [1.29, 1.82) is 0 Å². The Morgan fingerprint density at radius 2 is 2.32 bits per heavy atom. The number of aliphatic hydroxyl groups excluding tert-OH is 2. The van der Waals surface area contributed by atoms with Crippen LogP contribution in [0.25, 0.3) is 0 Å². The van der Waals surface area contributed by atoms with Crippen molar-refractivity contribution in [2.45, 2.75) is 37.5 Å². The summed E-state index contributed by atoms with van der Waals surface area (Å²) >= 11 is 0. The highest BCUT2D eigenvalue weighted by molar-refractivity contribution is 5.28. The molecular weight excluding hydrogens is 282 g/mol. The number of aliphatic hydroxyl groups is 2. The normalized spacial score (nSPS) is 29.1. The van der Waals surface area contributed by atoms with Gasteiger partial charge in [0, 0.05) is 26.2 Å². The zero-order chi connectivity index (χ0) is 15.4. The molecule has 1 aromatic rings. The zero-order valence-electron chi connectivity index (χ0n) is 12.9. The lowest BCUT2D eigenvalue weighted by Crippen LogP contribution is -2.56. The van der Waals surface area contributed by atoms with Crippen LogP contribution in [0.4, 0.5) is 0 Å². The van der Waals surface area contributed by atoms with E-state index in [-0.39, 0.29) is 18.3 Å². The van der Waals surface area contributed by atoms with Crippen LogP contribution in [0.2, 0.25) is 0 Å². The van der Waals surface area contributed by atoms with Gasteiger partial charge in [-0.05, 0) is 37.0 Å². The third-order valence-corrected chi connectivity index (χ3v) is 4.62. The van der Waals surface area contributed by atoms with Crippen LogP contribution in [0.5, 0.6) is 5.75 Å². The van der Waals surface area contributed by atoms with E-state index < -0.39 is 0 Å². The Kier molecular flexibility index (Phi) is 4.98. The molecule has 0 saturated carbocycles. The highest BCUT2D eigenvalue weighted by atomic mass is 16.5. The molecule has 1 spiro atoms. The van der Waals surface area contributed by atoms with E-state index in [1.165, 1.54) is 5.56 Å². The van der Waals surface area contributed by atoms with Crippen molar-refractivity contribution in [3.8, 4) is 5.75 Å². The van der Waals surface area contributed by atoms with Crippen LogP contribution in [0.3, 0.4) is 0 Å². The lowest BCUT2D eigenvalue weighted by Gasteiger charge is -2.43. The summed E-state index contributed by atoms with van der Waals surface area (Å²) in [5, 5.41) is 19.1. The van der Waals surface area contributed by atoms with E-state index in [1.807, 2.05) is 18.2 Å². The van der Waals surface area contributed by atoms with Crippen LogP contribution in [-0.4, -0.2) is 59.7 Å². The van der Waals surface area contributed by atoms with Gasteiger partial charge >= 0.3 is 0 Å². The second-order valence-electron chi connectivity index (χ2n) is 6.25. The van der Waals surface area contributed by atoms with Crippen molar-refractivity contribution >= 4 is 0 Å². The van der Waals surface area contributed by atoms with E-state index in [1.54, 1.807) is 0 Å². The maximum absolute atomic E-state index is 10.3. The molecule has 2 N–H and O–H groups in total. The highest BCUT2D eigenvalue weighted by Crippen LogP contribution is 2.35. The molecule has 5 nitrogen and oxygen atoms in total. The van der Waals surface area contributed by atoms with E-state index >= 15 is 0 Å². The van der Waals surface area contributed by atoms with E-state index in [2.05, 4.69) is 11.0 Å². The van der Waals surface area contributed by atoms with Gasteiger partial charge in [0.1, 0.15) is 18.0 Å². The van der Waals surface area contributed by atoms with E-state index in [0.717, 1.165) is 51.3 Å². The first kappa shape index (κ1) is 15.7. The maximum Gasteiger partial charge on any atom is 0.119 e. The molecule has 0 aliphatic carbocycles. The number of rotatable bonds is 5. The highest BCUT2D eigenvalue weighted by Gasteiger charge is 2.45. The van der Waals surface area contributed by atoms with Crippen molar-refractivity contribution in [3.63, 3.8) is 0 Å². The second-order valence-corrected chi connectivity index (χ2v) is 6.25. The molecular formula is C17H25NO4. The van der Waals surface area contributed by atoms with Gasteiger partial charge in [0.2, 0.25) is 0 Å². The molecule has 0 radical (unpaired) electrons. The molecule has 2 aliphatic heterocycles. The van der Waals surface area contributed by atoms with Crippen molar-refractivity contribution < 1.29 is 19.7 Å². The smallest absolute Gasteiger partial charge is 0.119 e. The fraction of sp³-hybridized carbons (Fsp3) is 0.647. The topological polar surface area (TPSA) is 62.2 Å². The number of likely N-dealkylation sites (tertiary alicyclic amines) is 1. The quantitative estimate of drug-likeness (QED) is 0.855. The van der Waals surface area contributed by atoms with E-state index in [9.17, 15) is 5.11 Å².